The van der Waals surface area contributed by atoms with Crippen LogP contribution in [0.2, 0.25) is 0 Å². The summed E-state index contributed by atoms with van der Waals surface area (Å²) in [6, 6.07) is 18.1. The van der Waals surface area contributed by atoms with Gasteiger partial charge in [0.25, 0.3) is 0 Å². The smallest absolute Gasteiger partial charge is 0.244 e. The van der Waals surface area contributed by atoms with E-state index in [1.807, 2.05) is 48.5 Å². The third-order valence-electron chi connectivity index (χ3n) is 5.46. The van der Waals surface area contributed by atoms with Crippen molar-refractivity contribution in [2.75, 3.05) is 32.8 Å². The van der Waals surface area contributed by atoms with E-state index in [4.69, 9.17) is 15.7 Å². The Kier molecular flexibility index (Phi) is 6.43. The van der Waals surface area contributed by atoms with Gasteiger partial charge in [0.15, 0.2) is 0 Å². The Morgan fingerprint density at radius 2 is 1.80 bits per heavy atom. The van der Waals surface area contributed by atoms with Gasteiger partial charge in [-0.25, -0.2) is 0 Å². The molecule has 3 aromatic rings. The fraction of sp³-hybridized carbons (Fsp3) is 0.333. The number of terminal acetylenes is 1. The van der Waals surface area contributed by atoms with Crippen molar-refractivity contribution in [1.29, 1.82) is 0 Å². The highest BCUT2D eigenvalue weighted by atomic mass is 16.5. The highest BCUT2D eigenvalue weighted by Crippen LogP contribution is 2.25. The van der Waals surface area contributed by atoms with Crippen molar-refractivity contribution < 1.29 is 9.26 Å². The Hall–Kier alpha value is -3.14. The maximum Gasteiger partial charge on any atom is 0.244 e. The van der Waals surface area contributed by atoms with E-state index in [0.29, 0.717) is 11.7 Å². The van der Waals surface area contributed by atoms with Gasteiger partial charge in [-0.15, -0.1) is 6.42 Å². The number of nitrogens with zero attached hydrogens (tertiary/aromatic N) is 4. The largest absolute Gasteiger partial charge is 0.481 e. The Labute approximate surface area is 177 Å². The quantitative estimate of drug-likeness (QED) is 0.563. The number of rotatable bonds is 7. The minimum absolute atomic E-state index is 0.0864. The molecule has 0 spiro atoms. The first-order valence-corrected chi connectivity index (χ1v) is 10.2. The van der Waals surface area contributed by atoms with Gasteiger partial charge in [0.05, 0.1) is 6.04 Å². The Balaban J connectivity index is 1.34. The van der Waals surface area contributed by atoms with Crippen molar-refractivity contribution in [3.63, 3.8) is 0 Å². The van der Waals surface area contributed by atoms with Gasteiger partial charge in [-0.05, 0) is 13.0 Å². The second kappa shape index (κ2) is 9.57. The SMILES string of the molecule is C#CCOc1ccccc1CN1CCN([C@H](C)c2nc(-c3ccccc3)no2)CC1. The summed E-state index contributed by atoms with van der Waals surface area (Å²) < 4.78 is 11.2. The number of benzene rings is 2. The third-order valence-corrected chi connectivity index (χ3v) is 5.46. The van der Waals surface area contributed by atoms with E-state index in [-0.39, 0.29) is 12.6 Å². The summed E-state index contributed by atoms with van der Waals surface area (Å²) in [7, 11) is 0. The van der Waals surface area contributed by atoms with Crippen LogP contribution in [0.15, 0.2) is 59.1 Å². The van der Waals surface area contributed by atoms with Gasteiger partial charge in [-0.1, -0.05) is 59.6 Å². The van der Waals surface area contributed by atoms with Crippen LogP contribution in [0.25, 0.3) is 11.4 Å². The lowest BCUT2D eigenvalue weighted by Gasteiger charge is -2.37. The Morgan fingerprint density at radius 1 is 1.07 bits per heavy atom. The van der Waals surface area contributed by atoms with Crippen LogP contribution in [0.5, 0.6) is 5.75 Å². The first kappa shape index (κ1) is 20.1. The molecule has 2 aromatic carbocycles. The van der Waals surface area contributed by atoms with Gasteiger partial charge >= 0.3 is 0 Å². The molecule has 0 saturated carbocycles. The topological polar surface area (TPSA) is 54.6 Å². The molecule has 0 N–H and O–H groups in total. The highest BCUT2D eigenvalue weighted by molar-refractivity contribution is 5.53. The minimum atomic E-state index is 0.0864. The van der Waals surface area contributed by atoms with Crippen LogP contribution in [0, 0.1) is 12.3 Å². The molecule has 30 heavy (non-hydrogen) atoms. The summed E-state index contributed by atoms with van der Waals surface area (Å²) in [6.07, 6.45) is 5.33. The summed E-state index contributed by atoms with van der Waals surface area (Å²) in [6.45, 7) is 7.08. The van der Waals surface area contributed by atoms with Crippen LogP contribution in [0.4, 0.5) is 0 Å². The zero-order valence-electron chi connectivity index (χ0n) is 17.2. The molecule has 1 aliphatic rings. The molecule has 0 amide bonds. The third kappa shape index (κ3) is 4.70. The van der Waals surface area contributed by atoms with Gasteiger partial charge in [0.1, 0.15) is 12.4 Å². The molecule has 6 nitrogen and oxygen atoms in total. The van der Waals surface area contributed by atoms with E-state index in [1.54, 1.807) is 0 Å². The fourth-order valence-electron chi connectivity index (χ4n) is 3.71. The van der Waals surface area contributed by atoms with Crippen molar-refractivity contribution in [2.45, 2.75) is 19.5 Å². The first-order valence-electron chi connectivity index (χ1n) is 10.2. The lowest BCUT2D eigenvalue weighted by molar-refractivity contribution is 0.0840. The summed E-state index contributed by atoms with van der Waals surface area (Å²) in [5, 5.41) is 4.16. The molecule has 0 aliphatic carbocycles. The van der Waals surface area contributed by atoms with Crippen LogP contribution in [-0.2, 0) is 6.54 Å². The molecule has 1 saturated heterocycles. The van der Waals surface area contributed by atoms with Crippen molar-refractivity contribution in [2.24, 2.45) is 0 Å². The monoisotopic (exact) mass is 402 g/mol. The first-order chi connectivity index (χ1) is 14.7. The number of ether oxygens (including phenoxy) is 1. The number of hydrogen-bond acceptors (Lipinski definition) is 6. The van der Waals surface area contributed by atoms with Crippen LogP contribution < -0.4 is 4.74 Å². The van der Waals surface area contributed by atoms with E-state index < -0.39 is 0 Å². The standard InChI is InChI=1S/C24H26N4O2/c1-3-17-29-22-12-8-7-11-21(22)18-27-13-15-28(16-14-27)19(2)24-25-23(26-30-24)20-9-5-4-6-10-20/h1,4-12,19H,13-18H2,2H3/t19-/m1/s1. The molecule has 154 valence electrons. The molecule has 1 atom stereocenters. The van der Waals surface area contributed by atoms with Crippen molar-refractivity contribution in [3.05, 3.63) is 66.1 Å². The summed E-state index contributed by atoms with van der Waals surface area (Å²) in [5.41, 5.74) is 2.13. The molecule has 0 bridgehead atoms. The highest BCUT2D eigenvalue weighted by Gasteiger charge is 2.26. The molecule has 2 heterocycles. The van der Waals surface area contributed by atoms with Gasteiger partial charge < -0.3 is 9.26 Å². The molecule has 0 radical (unpaired) electrons. The second-order valence-corrected chi connectivity index (χ2v) is 7.41. The predicted molar refractivity (Wildman–Crippen MR) is 116 cm³/mol. The van der Waals surface area contributed by atoms with Gasteiger partial charge in [-0.2, -0.15) is 4.98 Å². The number of hydrogen-bond donors (Lipinski definition) is 0. The Morgan fingerprint density at radius 3 is 2.57 bits per heavy atom. The van der Waals surface area contributed by atoms with E-state index >= 15 is 0 Å². The zero-order valence-corrected chi connectivity index (χ0v) is 17.2. The van der Waals surface area contributed by atoms with E-state index in [2.05, 4.69) is 38.9 Å². The molecular weight excluding hydrogens is 376 g/mol. The van der Waals surface area contributed by atoms with Gasteiger partial charge in [0.2, 0.25) is 11.7 Å². The van der Waals surface area contributed by atoms with Gasteiger partial charge in [-0.3, -0.25) is 9.80 Å². The number of aromatic nitrogens is 2. The molecule has 6 heteroatoms. The van der Waals surface area contributed by atoms with Crippen molar-refractivity contribution >= 4 is 0 Å². The maximum absolute atomic E-state index is 5.68. The Bertz CT molecular complexity index is 988. The summed E-state index contributed by atoms with van der Waals surface area (Å²) in [5.74, 6) is 4.70. The molecule has 1 aliphatic heterocycles. The summed E-state index contributed by atoms with van der Waals surface area (Å²) in [4.78, 5) is 9.44. The van der Waals surface area contributed by atoms with Crippen molar-refractivity contribution in [1.82, 2.24) is 19.9 Å². The number of para-hydroxylation sites is 1. The van der Waals surface area contributed by atoms with Crippen LogP contribution in [-0.4, -0.2) is 52.7 Å². The maximum atomic E-state index is 5.68. The lowest BCUT2D eigenvalue weighted by Crippen LogP contribution is -2.46. The molecule has 1 fully saturated rings. The van der Waals surface area contributed by atoms with Crippen LogP contribution in [0.1, 0.15) is 24.4 Å². The predicted octanol–water partition coefficient (Wildman–Crippen LogP) is 3.63. The lowest BCUT2D eigenvalue weighted by atomic mass is 10.1. The molecule has 1 aromatic heterocycles. The molecule has 0 unspecified atom stereocenters. The van der Waals surface area contributed by atoms with Crippen LogP contribution in [0.3, 0.4) is 0 Å². The van der Waals surface area contributed by atoms with Crippen LogP contribution >= 0.6 is 0 Å². The zero-order chi connectivity index (χ0) is 20.8. The average molecular weight is 402 g/mol. The van der Waals surface area contributed by atoms with Gasteiger partial charge in [0, 0.05) is 43.9 Å². The molecular formula is C24H26N4O2. The average Bonchev–Trinajstić information content (AvgIpc) is 3.29. The minimum Gasteiger partial charge on any atom is -0.481 e. The van der Waals surface area contributed by atoms with E-state index in [1.165, 1.54) is 5.56 Å². The van der Waals surface area contributed by atoms with Crippen molar-refractivity contribution in [3.8, 4) is 29.5 Å². The van der Waals surface area contributed by atoms with E-state index in [0.717, 1.165) is 44.0 Å². The van der Waals surface area contributed by atoms with E-state index in [9.17, 15) is 0 Å². The fourth-order valence-corrected chi connectivity index (χ4v) is 3.71. The summed E-state index contributed by atoms with van der Waals surface area (Å²) >= 11 is 0. The molecule has 4 rings (SSSR count). The number of piperazine rings is 1. The second-order valence-electron chi connectivity index (χ2n) is 7.41. The normalized spacial score (nSPS) is 16.1.